The first-order valence-electron chi connectivity index (χ1n) is 6.56. The van der Waals surface area contributed by atoms with Crippen molar-refractivity contribution < 1.29 is 14.6 Å². The van der Waals surface area contributed by atoms with E-state index in [1.807, 2.05) is 12.1 Å². The Morgan fingerprint density at radius 1 is 0.952 bits per heavy atom. The molecule has 2 aromatic rings. The van der Waals surface area contributed by atoms with Crippen molar-refractivity contribution in [1.29, 1.82) is 0 Å². The Bertz CT molecular complexity index is 623. The summed E-state index contributed by atoms with van der Waals surface area (Å²) in [7, 11) is 0. The van der Waals surface area contributed by atoms with Gasteiger partial charge in [0.05, 0.1) is 12.6 Å². The van der Waals surface area contributed by atoms with E-state index < -0.39 is 12.7 Å². The molecule has 0 aliphatic carbocycles. The minimum atomic E-state index is -0.626. The molecule has 0 aliphatic rings. The first-order valence-corrected chi connectivity index (χ1v) is 6.56. The lowest BCUT2D eigenvalue weighted by Gasteiger charge is -2.13. The van der Waals surface area contributed by atoms with Crippen molar-refractivity contribution in [2.45, 2.75) is 6.04 Å². The molecule has 0 aliphatic heterocycles. The van der Waals surface area contributed by atoms with Crippen molar-refractivity contribution in [3.05, 3.63) is 59.7 Å². The number of aliphatic hydroxyl groups excluding tert-OH is 1. The fraction of sp³-hybridized carbons (Fsp3) is 0.176. The second-order valence-corrected chi connectivity index (χ2v) is 4.55. The molecule has 0 fully saturated rings. The van der Waals surface area contributed by atoms with Gasteiger partial charge in [-0.05, 0) is 48.5 Å². The fourth-order valence-corrected chi connectivity index (χ4v) is 1.71. The Labute approximate surface area is 123 Å². The van der Waals surface area contributed by atoms with E-state index >= 15 is 0 Å². The van der Waals surface area contributed by atoms with Gasteiger partial charge in [-0.25, -0.2) is 4.39 Å². The largest absolute Gasteiger partial charge is 0.508 e. The molecular formula is C17H16FNO2. The molecule has 0 saturated heterocycles. The third-order valence-corrected chi connectivity index (χ3v) is 2.88. The number of aromatic hydroxyl groups is 1. The molecule has 1 unspecified atom stereocenters. The zero-order valence-corrected chi connectivity index (χ0v) is 11.4. The average Bonchev–Trinajstić information content (AvgIpc) is 2.53. The van der Waals surface area contributed by atoms with Crippen molar-refractivity contribution in [3.63, 3.8) is 0 Å². The summed E-state index contributed by atoms with van der Waals surface area (Å²) in [6.07, 6.45) is 0. The van der Waals surface area contributed by atoms with Gasteiger partial charge in [-0.3, -0.25) is 0 Å². The first kappa shape index (κ1) is 14.9. The predicted octanol–water partition coefficient (Wildman–Crippen LogP) is 2.53. The maximum atomic E-state index is 12.5. The summed E-state index contributed by atoms with van der Waals surface area (Å²) >= 11 is 0. The van der Waals surface area contributed by atoms with Gasteiger partial charge in [-0.1, -0.05) is 11.8 Å². The maximum Gasteiger partial charge on any atom is 0.115 e. The summed E-state index contributed by atoms with van der Waals surface area (Å²) in [5.41, 5.74) is 2.38. The number of anilines is 1. The summed E-state index contributed by atoms with van der Waals surface area (Å²) in [5, 5.41) is 21.0. The van der Waals surface area contributed by atoms with Gasteiger partial charge in [-0.2, -0.15) is 0 Å². The number of hydrogen-bond acceptors (Lipinski definition) is 3. The minimum Gasteiger partial charge on any atom is -0.508 e. The third-order valence-electron chi connectivity index (χ3n) is 2.88. The molecule has 3 N–H and O–H groups in total. The lowest BCUT2D eigenvalue weighted by Crippen LogP contribution is -2.25. The topological polar surface area (TPSA) is 52.5 Å². The highest BCUT2D eigenvalue weighted by molar-refractivity contribution is 5.50. The molecule has 0 amide bonds. The van der Waals surface area contributed by atoms with E-state index in [9.17, 15) is 9.50 Å². The van der Waals surface area contributed by atoms with E-state index in [1.54, 1.807) is 36.4 Å². The minimum absolute atomic E-state index is 0.210. The van der Waals surface area contributed by atoms with E-state index in [0.717, 1.165) is 16.8 Å². The van der Waals surface area contributed by atoms with Crippen LogP contribution in [0.3, 0.4) is 0 Å². The number of aliphatic hydroxyl groups is 1. The molecule has 0 radical (unpaired) electrons. The quantitative estimate of drug-likeness (QED) is 0.757. The molecule has 0 aromatic heterocycles. The van der Waals surface area contributed by atoms with Gasteiger partial charge in [0, 0.05) is 16.8 Å². The molecular weight excluding hydrogens is 269 g/mol. The van der Waals surface area contributed by atoms with Crippen LogP contribution in [-0.4, -0.2) is 29.5 Å². The van der Waals surface area contributed by atoms with Gasteiger partial charge >= 0.3 is 0 Å². The Kier molecular flexibility index (Phi) is 5.19. The van der Waals surface area contributed by atoms with Gasteiger partial charge in [0.25, 0.3) is 0 Å². The van der Waals surface area contributed by atoms with Crippen molar-refractivity contribution in [2.24, 2.45) is 0 Å². The van der Waals surface area contributed by atoms with E-state index in [-0.39, 0.29) is 12.4 Å². The van der Waals surface area contributed by atoms with Crippen LogP contribution in [0.25, 0.3) is 0 Å². The number of nitrogens with one attached hydrogen (secondary N) is 1. The average molecular weight is 285 g/mol. The number of alkyl halides is 1. The van der Waals surface area contributed by atoms with E-state index in [0.29, 0.717) is 0 Å². The molecule has 0 bridgehead atoms. The van der Waals surface area contributed by atoms with Crippen LogP contribution in [0.15, 0.2) is 48.5 Å². The van der Waals surface area contributed by atoms with Gasteiger partial charge in [0.2, 0.25) is 0 Å². The lowest BCUT2D eigenvalue weighted by molar-refractivity contribution is 0.252. The molecule has 1 atom stereocenters. The molecule has 0 saturated carbocycles. The van der Waals surface area contributed by atoms with Crippen molar-refractivity contribution in [3.8, 4) is 17.6 Å². The molecule has 2 aromatic carbocycles. The van der Waals surface area contributed by atoms with E-state index in [2.05, 4.69) is 17.2 Å². The second kappa shape index (κ2) is 7.32. The van der Waals surface area contributed by atoms with Crippen LogP contribution in [0.1, 0.15) is 11.1 Å². The van der Waals surface area contributed by atoms with Crippen molar-refractivity contribution in [1.82, 2.24) is 0 Å². The Morgan fingerprint density at radius 3 is 1.95 bits per heavy atom. The third kappa shape index (κ3) is 4.51. The summed E-state index contributed by atoms with van der Waals surface area (Å²) in [4.78, 5) is 0. The molecule has 0 spiro atoms. The first-order chi connectivity index (χ1) is 10.2. The van der Waals surface area contributed by atoms with Crippen molar-refractivity contribution >= 4 is 5.69 Å². The Morgan fingerprint density at radius 2 is 1.48 bits per heavy atom. The van der Waals surface area contributed by atoms with Crippen LogP contribution in [0, 0.1) is 11.8 Å². The van der Waals surface area contributed by atoms with Crippen LogP contribution in [0.5, 0.6) is 5.75 Å². The second-order valence-electron chi connectivity index (χ2n) is 4.55. The van der Waals surface area contributed by atoms with Crippen LogP contribution in [-0.2, 0) is 0 Å². The van der Waals surface area contributed by atoms with Gasteiger partial charge in [-0.15, -0.1) is 0 Å². The van der Waals surface area contributed by atoms with Gasteiger partial charge < -0.3 is 15.5 Å². The smallest absolute Gasteiger partial charge is 0.115 e. The molecule has 0 heterocycles. The zero-order valence-electron chi connectivity index (χ0n) is 11.4. The summed E-state index contributed by atoms with van der Waals surface area (Å²) in [6, 6.07) is 13.3. The monoisotopic (exact) mass is 285 g/mol. The highest BCUT2D eigenvalue weighted by Crippen LogP contribution is 2.11. The molecule has 4 heteroatoms. The highest BCUT2D eigenvalue weighted by atomic mass is 19.1. The number of benzene rings is 2. The zero-order chi connectivity index (χ0) is 15.1. The Balaban J connectivity index is 2.04. The summed E-state index contributed by atoms with van der Waals surface area (Å²) < 4.78 is 12.5. The van der Waals surface area contributed by atoms with Gasteiger partial charge in [0.15, 0.2) is 0 Å². The normalized spacial score (nSPS) is 11.3. The molecule has 108 valence electrons. The van der Waals surface area contributed by atoms with E-state index in [4.69, 9.17) is 5.11 Å². The molecule has 3 nitrogen and oxygen atoms in total. The number of phenols is 1. The molecule has 2 rings (SSSR count). The van der Waals surface area contributed by atoms with Crippen LogP contribution < -0.4 is 5.32 Å². The number of hydrogen-bond donors (Lipinski definition) is 3. The van der Waals surface area contributed by atoms with Gasteiger partial charge in [0.1, 0.15) is 12.4 Å². The predicted molar refractivity (Wildman–Crippen MR) is 81.0 cm³/mol. The highest BCUT2D eigenvalue weighted by Gasteiger charge is 2.05. The van der Waals surface area contributed by atoms with E-state index in [1.165, 1.54) is 0 Å². The van der Waals surface area contributed by atoms with Crippen LogP contribution >= 0.6 is 0 Å². The number of halogens is 1. The fourth-order valence-electron chi connectivity index (χ4n) is 1.71. The Hall–Kier alpha value is -2.51. The molecule has 21 heavy (non-hydrogen) atoms. The number of rotatable bonds is 4. The van der Waals surface area contributed by atoms with Crippen LogP contribution in [0.4, 0.5) is 10.1 Å². The number of phenolic OH excluding ortho intramolecular Hbond substituents is 1. The van der Waals surface area contributed by atoms with Crippen molar-refractivity contribution in [2.75, 3.05) is 18.6 Å². The SMILES string of the molecule is OCC(CF)Nc1ccc(C#Cc2ccc(O)cc2)cc1. The van der Waals surface area contributed by atoms with Crippen LogP contribution in [0.2, 0.25) is 0 Å². The summed E-state index contributed by atoms with van der Waals surface area (Å²) in [5.74, 6) is 6.21. The lowest BCUT2D eigenvalue weighted by atomic mass is 10.1. The maximum absolute atomic E-state index is 12.5. The standard InChI is InChI=1S/C17H16FNO2/c18-11-16(12-20)19-15-7-3-13(4-8-15)1-2-14-5-9-17(21)10-6-14/h3-10,16,19-21H,11-12H2. The summed E-state index contributed by atoms with van der Waals surface area (Å²) in [6.45, 7) is -0.877.